The van der Waals surface area contributed by atoms with Crippen molar-refractivity contribution in [3.8, 4) is 17.1 Å². The van der Waals surface area contributed by atoms with Gasteiger partial charge in [-0.05, 0) is 277 Å². The van der Waals surface area contributed by atoms with E-state index >= 15 is 0 Å². The molecule has 0 bridgehead atoms. The van der Waals surface area contributed by atoms with E-state index in [9.17, 15) is 0 Å². The molecule has 12 aromatic carbocycles. The molecule has 0 fully saturated rings. The summed E-state index contributed by atoms with van der Waals surface area (Å²) in [5.41, 5.74) is 26.8. The van der Waals surface area contributed by atoms with Crippen LogP contribution in [0.1, 0.15) is 153 Å². The van der Waals surface area contributed by atoms with Gasteiger partial charge in [0.1, 0.15) is 0 Å². The van der Waals surface area contributed by atoms with Gasteiger partial charge in [-0.3, -0.25) is 0 Å². The van der Waals surface area contributed by atoms with E-state index < -0.39 is 0 Å². The molecule has 3 aromatic heterocycles. The van der Waals surface area contributed by atoms with Crippen molar-refractivity contribution in [3.63, 3.8) is 0 Å². The highest BCUT2D eigenvalue weighted by Crippen LogP contribution is 2.41. The van der Waals surface area contributed by atoms with Gasteiger partial charge in [-0.25, -0.2) is 0 Å². The van der Waals surface area contributed by atoms with Crippen molar-refractivity contribution in [2.75, 3.05) is 35.8 Å². The fraction of sp³-hybridized carbons (Fsp3) is 0.258. The van der Waals surface area contributed by atoms with Gasteiger partial charge >= 0.3 is 0 Å². The average molecular weight is 1350 g/mol. The van der Waals surface area contributed by atoms with E-state index in [1.165, 1.54) is 150 Å². The highest BCUT2D eigenvalue weighted by atomic mass is 15.1. The first-order chi connectivity index (χ1) is 49.8. The Bertz CT molecular complexity index is 5160. The third kappa shape index (κ3) is 14.9. The van der Waals surface area contributed by atoms with Crippen LogP contribution in [0.25, 0.3) is 82.5 Å². The Kier molecular flexibility index (Phi) is 21.3. The van der Waals surface area contributed by atoms with Gasteiger partial charge < -0.3 is 28.4 Å². The summed E-state index contributed by atoms with van der Waals surface area (Å²) in [7, 11) is 6.36. The van der Waals surface area contributed by atoms with Gasteiger partial charge in [0.15, 0.2) is 0 Å². The number of anilines is 6. The molecule has 15 aromatic rings. The second kappa shape index (κ2) is 31.0. The van der Waals surface area contributed by atoms with E-state index in [1.54, 1.807) is 0 Å². The number of para-hydroxylation sites is 3. The zero-order valence-electron chi connectivity index (χ0n) is 63.5. The molecule has 103 heavy (non-hydrogen) atoms. The lowest BCUT2D eigenvalue weighted by Crippen LogP contribution is -2.09. The number of nitrogens with zero attached hydrogens (tertiary/aromatic N) is 6. The van der Waals surface area contributed by atoms with Crippen molar-refractivity contribution in [2.24, 2.45) is 11.8 Å². The van der Waals surface area contributed by atoms with E-state index in [-0.39, 0.29) is 0 Å². The molecule has 6 heteroatoms. The summed E-state index contributed by atoms with van der Waals surface area (Å²) in [4.78, 5) is 6.68. The molecule has 0 aliphatic rings. The number of hydrogen-bond donors (Lipinski definition) is 0. The molecule has 15 rings (SSSR count). The van der Waals surface area contributed by atoms with Crippen molar-refractivity contribution in [2.45, 2.75) is 132 Å². The minimum atomic E-state index is 0.508. The summed E-state index contributed by atoms with van der Waals surface area (Å²) >= 11 is 0. The lowest BCUT2D eigenvalue weighted by atomic mass is 9.95. The Labute approximate surface area is 613 Å². The maximum absolute atomic E-state index is 2.43. The molecule has 522 valence electrons. The van der Waals surface area contributed by atoms with Crippen molar-refractivity contribution >= 4 is 99.5 Å². The molecule has 2 atom stereocenters. The van der Waals surface area contributed by atoms with E-state index in [0.29, 0.717) is 35.5 Å². The summed E-state index contributed by atoms with van der Waals surface area (Å²) in [5.74, 6) is 3.42. The van der Waals surface area contributed by atoms with Gasteiger partial charge in [0, 0.05) is 105 Å². The molecule has 3 heterocycles. The van der Waals surface area contributed by atoms with Gasteiger partial charge in [-0.1, -0.05) is 174 Å². The fourth-order valence-corrected chi connectivity index (χ4v) is 14.9. The number of fused-ring (bicyclic) bond motifs is 9. The second-order valence-electron chi connectivity index (χ2n) is 30.2. The van der Waals surface area contributed by atoms with Crippen molar-refractivity contribution in [3.05, 3.63) is 306 Å². The Morgan fingerprint density at radius 1 is 0.252 bits per heavy atom. The summed E-state index contributed by atoms with van der Waals surface area (Å²) < 4.78 is 7.26. The van der Waals surface area contributed by atoms with Crippen LogP contribution in [-0.4, -0.2) is 34.8 Å². The van der Waals surface area contributed by atoms with Gasteiger partial charge in [0.05, 0.1) is 33.1 Å². The first kappa shape index (κ1) is 70.9. The maximum atomic E-state index is 2.43. The first-order valence-electron chi connectivity index (χ1n) is 37.8. The normalized spacial score (nSPS) is 12.3. The van der Waals surface area contributed by atoms with E-state index in [0.717, 1.165) is 25.7 Å². The van der Waals surface area contributed by atoms with Gasteiger partial charge in [0.25, 0.3) is 0 Å². The molecular weight excluding hydrogens is 1250 g/mol. The van der Waals surface area contributed by atoms with Crippen LogP contribution in [0.15, 0.2) is 273 Å². The van der Waals surface area contributed by atoms with Crippen LogP contribution in [0.4, 0.5) is 34.1 Å². The van der Waals surface area contributed by atoms with E-state index in [1.807, 2.05) is 0 Å². The standard InChI is InChI=1S/2C33H36N2.C31H32N2/c1-23(2)19-25-11-17-32-30(21-25)31-22-26(20-24(3)4)12-18-33(31)35(32)29-15-13-28(14-16-29)34(5)27-9-7-6-8-10-27;1-6-23(3)25-13-19-32-30(21-25)31-22-26(24(4)7-2)14-20-33(31)35(32)29-17-15-28(16-18-29)34(5)27-11-9-8-10-12-27;1-21(2)23-11-17-30-28(19-23)29-20-24(22(3)4)12-18-31(29)33(30)27-15-13-26(14-16-27)32(5)25-9-7-6-8-10-25/h6-18,21-24H,19-20H2,1-5H3;8-24H,6-7H2,1-5H3;6-22H,1-5H3. The highest BCUT2D eigenvalue weighted by Gasteiger charge is 2.21. The van der Waals surface area contributed by atoms with Crippen LogP contribution >= 0.6 is 0 Å². The molecule has 0 aliphatic heterocycles. The third-order valence-corrected chi connectivity index (χ3v) is 21.4. The Morgan fingerprint density at radius 2 is 0.485 bits per heavy atom. The largest absolute Gasteiger partial charge is 0.345 e. The third-order valence-electron chi connectivity index (χ3n) is 21.4. The minimum Gasteiger partial charge on any atom is -0.345 e. The monoisotopic (exact) mass is 1350 g/mol. The van der Waals surface area contributed by atoms with E-state index in [2.05, 4.69) is 406 Å². The molecule has 0 radical (unpaired) electrons. The molecule has 0 aliphatic carbocycles. The quantitative estimate of drug-likeness (QED) is 0.0806. The van der Waals surface area contributed by atoms with Crippen molar-refractivity contribution in [1.82, 2.24) is 13.7 Å². The van der Waals surface area contributed by atoms with Crippen LogP contribution < -0.4 is 14.7 Å². The molecule has 2 unspecified atom stereocenters. The smallest absolute Gasteiger partial charge is 0.0541 e. The van der Waals surface area contributed by atoms with E-state index in [4.69, 9.17) is 0 Å². The van der Waals surface area contributed by atoms with Gasteiger partial charge in [0.2, 0.25) is 0 Å². The summed E-state index contributed by atoms with van der Waals surface area (Å²) in [6.07, 6.45) is 4.51. The van der Waals surface area contributed by atoms with Crippen LogP contribution in [0, 0.1) is 11.8 Å². The summed E-state index contributed by atoms with van der Waals surface area (Å²) in [6.45, 7) is 27.4. The lowest BCUT2D eigenvalue weighted by molar-refractivity contribution is 0.647. The number of hydrogen-bond acceptors (Lipinski definition) is 3. The zero-order chi connectivity index (χ0) is 72.2. The molecule has 6 nitrogen and oxygen atoms in total. The SMILES string of the molecule is CC(C)Cc1ccc2c(c1)c1cc(CC(C)C)ccc1n2-c1ccc(N(C)c2ccccc2)cc1.CC(C)c1ccc2c(c1)c1cc(C(C)C)ccc1n2-c1ccc(N(C)c2ccccc2)cc1.CCC(C)c1ccc2c(c1)c1cc(C(C)CC)ccc1n2-c1ccc(N(C)c2ccccc2)cc1. The van der Waals surface area contributed by atoms with Crippen LogP contribution in [0.2, 0.25) is 0 Å². The summed E-state index contributed by atoms with van der Waals surface area (Å²) in [5, 5.41) is 8.10. The first-order valence-corrected chi connectivity index (χ1v) is 37.8. The number of aromatic nitrogens is 3. The van der Waals surface area contributed by atoms with Crippen LogP contribution in [0.3, 0.4) is 0 Å². The van der Waals surface area contributed by atoms with Crippen molar-refractivity contribution < 1.29 is 0 Å². The Hall–Kier alpha value is -10.6. The molecule has 0 N–H and O–H groups in total. The van der Waals surface area contributed by atoms with Gasteiger partial charge in [-0.2, -0.15) is 0 Å². The predicted octanol–water partition coefficient (Wildman–Crippen LogP) is 27.3. The van der Waals surface area contributed by atoms with Crippen molar-refractivity contribution in [1.29, 1.82) is 0 Å². The average Bonchev–Trinajstić information content (AvgIpc) is 1.61. The molecule has 0 saturated carbocycles. The topological polar surface area (TPSA) is 24.5 Å². The molecule has 0 saturated heterocycles. The second-order valence-corrected chi connectivity index (χ2v) is 30.2. The summed E-state index contributed by atoms with van der Waals surface area (Å²) in [6, 6.07) is 100. The highest BCUT2D eigenvalue weighted by molar-refractivity contribution is 6.12. The molecular formula is C97H104N6. The van der Waals surface area contributed by atoms with Crippen LogP contribution in [0.5, 0.6) is 0 Å². The lowest BCUT2D eigenvalue weighted by Gasteiger charge is -2.20. The zero-order valence-corrected chi connectivity index (χ0v) is 63.5. The number of rotatable bonds is 19. The minimum absolute atomic E-state index is 0.508. The fourth-order valence-electron chi connectivity index (χ4n) is 14.9. The predicted molar refractivity (Wildman–Crippen MR) is 449 cm³/mol. The molecule has 0 spiro atoms. The maximum Gasteiger partial charge on any atom is 0.0541 e. The Morgan fingerprint density at radius 3 is 0.738 bits per heavy atom. The Balaban J connectivity index is 0.000000138. The van der Waals surface area contributed by atoms with Gasteiger partial charge in [-0.15, -0.1) is 0 Å². The molecule has 0 amide bonds. The number of benzene rings is 12. The van der Waals surface area contributed by atoms with Crippen LogP contribution in [-0.2, 0) is 12.8 Å².